The van der Waals surface area contributed by atoms with Crippen LogP contribution < -0.4 is 51.0 Å². The largest absolute Gasteiger partial charge is 1.00 e. The van der Waals surface area contributed by atoms with Crippen LogP contribution in [0.2, 0.25) is 0 Å². The quantitative estimate of drug-likeness (QED) is 0.112. The number of nitrogens with zero attached hydrogens (tertiary/aromatic N) is 2. The molecule has 13 nitrogen and oxygen atoms in total. The third kappa shape index (κ3) is 8.44. The molecular weight excluding hydrogens is 543 g/mol. The molecule has 0 heterocycles. The fourth-order valence-corrected chi connectivity index (χ4v) is 3.32. The van der Waals surface area contributed by atoms with Gasteiger partial charge >= 0.3 is 47.5 Å². The second-order valence-electron chi connectivity index (χ2n) is 8.15. The summed E-state index contributed by atoms with van der Waals surface area (Å²) in [5.74, 6) is -3.88. The van der Waals surface area contributed by atoms with Crippen molar-refractivity contribution < 1.29 is 63.7 Å². The van der Waals surface area contributed by atoms with Gasteiger partial charge in [-0.2, -0.15) is 10.2 Å². The van der Waals surface area contributed by atoms with Gasteiger partial charge in [-0.25, -0.2) is 14.4 Å². The molecule has 0 saturated heterocycles. The van der Waals surface area contributed by atoms with Crippen LogP contribution in [0.15, 0.2) is 106 Å². The van der Waals surface area contributed by atoms with Gasteiger partial charge < -0.3 is 20.8 Å². The molecule has 2 amide bonds. The number of rotatable bonds is 8. The number of hydrogen-bond acceptors (Lipinski definition) is 9. The van der Waals surface area contributed by atoms with E-state index in [0.29, 0.717) is 22.7 Å². The van der Waals surface area contributed by atoms with E-state index in [1.54, 1.807) is 48.5 Å². The van der Waals surface area contributed by atoms with Crippen LogP contribution in [0.3, 0.4) is 0 Å². The van der Waals surface area contributed by atoms with Gasteiger partial charge in [0.05, 0.1) is 22.8 Å². The van der Waals surface area contributed by atoms with Gasteiger partial charge in [-0.05, 0) is 85.0 Å². The molecule has 0 spiro atoms. The monoisotopic (exact) mass is 563 g/mol. The predicted octanol–water partition coefficient (Wildman–Crippen LogP) is 0.170. The van der Waals surface area contributed by atoms with Crippen molar-refractivity contribution in [3.8, 4) is 0 Å². The van der Waals surface area contributed by atoms with Crippen LogP contribution in [0, 0.1) is 0 Å². The van der Waals surface area contributed by atoms with Crippen molar-refractivity contribution in [2.45, 2.75) is 0 Å². The molecule has 14 heteroatoms. The summed E-state index contributed by atoms with van der Waals surface area (Å²) >= 11 is 0. The maximum atomic E-state index is 12.4. The first-order chi connectivity index (χ1) is 19.2. The van der Waals surface area contributed by atoms with Crippen molar-refractivity contribution in [2.75, 3.05) is 21.5 Å². The summed E-state index contributed by atoms with van der Waals surface area (Å²) in [4.78, 5) is 57.6. The molecule has 41 heavy (non-hydrogen) atoms. The van der Waals surface area contributed by atoms with E-state index in [1.165, 1.54) is 24.3 Å². The van der Waals surface area contributed by atoms with Crippen molar-refractivity contribution in [3.63, 3.8) is 0 Å². The van der Waals surface area contributed by atoms with Crippen molar-refractivity contribution in [1.29, 1.82) is 0 Å². The van der Waals surface area contributed by atoms with Gasteiger partial charge in [0.1, 0.15) is 11.1 Å². The van der Waals surface area contributed by atoms with E-state index in [4.69, 9.17) is 10.2 Å². The summed E-state index contributed by atoms with van der Waals surface area (Å²) in [6, 6.07) is 12.6. The summed E-state index contributed by atoms with van der Waals surface area (Å²) in [7, 11) is 0. The number of ketones is 2. The molecule has 6 N–H and O–H groups in total. The molecule has 0 unspecified atom stereocenters. The van der Waals surface area contributed by atoms with Crippen LogP contribution in [0.5, 0.6) is 0 Å². The van der Waals surface area contributed by atoms with Crippen molar-refractivity contribution in [2.24, 2.45) is 10.2 Å². The number of allylic oxidation sites excluding steroid dienone is 6. The topological polar surface area (TPSA) is 199 Å². The SMILES string of the molecule is O=C(Nc1ccc(N/N=C2/C=CC(=O)C(C(=O)O)=C2)cc1)Nc1ccc(N/N=C2/C=CC(=O)C(C(=O)O)=C2)cc1.[Na+]. The number of urea groups is 1. The minimum absolute atomic E-state index is 0. The average Bonchev–Trinajstić information content (AvgIpc) is 2.93. The van der Waals surface area contributed by atoms with Crippen molar-refractivity contribution in [1.82, 2.24) is 0 Å². The number of nitrogens with one attached hydrogen (secondary N) is 4. The number of aliphatic carboxylic acids is 2. The van der Waals surface area contributed by atoms with Crippen LogP contribution in [-0.2, 0) is 19.2 Å². The molecule has 2 aliphatic rings. The molecule has 4 rings (SSSR count). The number of amides is 2. The number of hydrogen-bond donors (Lipinski definition) is 6. The number of anilines is 4. The van der Waals surface area contributed by atoms with E-state index < -0.39 is 29.5 Å². The zero-order chi connectivity index (χ0) is 28.6. The molecule has 0 atom stereocenters. The molecule has 0 aliphatic heterocycles. The molecular formula is C27H20N6NaO7+. The standard InChI is InChI=1S/C27H20N6O7.Na/c34-23-11-9-19(13-21(23)25(36)37)32-30-17-5-1-15(2-6-17)28-27(40)29-16-3-7-18(8-4-16)31-33-20-10-12-24(35)22(14-20)26(38)39;/h1-14,30-31H,(H,36,37)(H,38,39)(H2,28,29,40);/q;+1/b32-19-,33-20-;. The van der Waals surface area contributed by atoms with Crippen LogP contribution in [0.1, 0.15) is 0 Å². The molecule has 200 valence electrons. The zero-order valence-corrected chi connectivity index (χ0v) is 23.4. The van der Waals surface area contributed by atoms with Crippen LogP contribution >= 0.6 is 0 Å². The first-order valence-electron chi connectivity index (χ1n) is 11.5. The average molecular weight is 563 g/mol. The Morgan fingerprint density at radius 3 is 1.24 bits per heavy atom. The molecule has 0 fully saturated rings. The first kappa shape index (κ1) is 30.4. The number of carbonyl (C=O) groups is 5. The van der Waals surface area contributed by atoms with E-state index in [2.05, 4.69) is 31.7 Å². The number of carboxylic acids is 2. The second kappa shape index (κ2) is 13.8. The Bertz CT molecular complexity index is 1470. The van der Waals surface area contributed by atoms with Gasteiger partial charge in [-0.1, -0.05) is 0 Å². The van der Waals surface area contributed by atoms with Gasteiger partial charge in [0.15, 0.2) is 11.6 Å². The number of hydrazone groups is 2. The summed E-state index contributed by atoms with van der Waals surface area (Å²) in [5, 5.41) is 31.6. The maximum Gasteiger partial charge on any atom is 1.00 e. The predicted molar refractivity (Wildman–Crippen MR) is 147 cm³/mol. The van der Waals surface area contributed by atoms with E-state index >= 15 is 0 Å². The Balaban J connectivity index is 0.00000462. The Labute approximate surface area is 254 Å². The molecule has 0 radical (unpaired) electrons. The van der Waals surface area contributed by atoms with E-state index in [0.717, 1.165) is 12.2 Å². The van der Waals surface area contributed by atoms with Crippen molar-refractivity contribution >= 4 is 63.7 Å². The number of benzene rings is 2. The van der Waals surface area contributed by atoms with Gasteiger partial charge in [-0.3, -0.25) is 20.4 Å². The van der Waals surface area contributed by atoms with Crippen LogP contribution in [0.25, 0.3) is 0 Å². The zero-order valence-electron chi connectivity index (χ0n) is 21.4. The summed E-state index contributed by atoms with van der Waals surface area (Å²) in [5.41, 5.74) is 7.38. The Morgan fingerprint density at radius 1 is 0.561 bits per heavy atom. The van der Waals surface area contributed by atoms with E-state index in [9.17, 15) is 24.0 Å². The maximum absolute atomic E-state index is 12.4. The smallest absolute Gasteiger partial charge is 0.478 e. The fraction of sp³-hybridized carbons (Fsp3) is 0. The molecule has 0 aromatic heterocycles. The van der Waals surface area contributed by atoms with Crippen LogP contribution in [0.4, 0.5) is 27.5 Å². The van der Waals surface area contributed by atoms with Gasteiger partial charge in [0.2, 0.25) is 0 Å². The Kier molecular flexibility index (Phi) is 10.2. The number of carbonyl (C=O) groups excluding carboxylic acids is 3. The number of carboxylic acid groups (broad SMARTS) is 2. The minimum Gasteiger partial charge on any atom is -0.478 e. The fourth-order valence-electron chi connectivity index (χ4n) is 3.32. The molecule has 2 aliphatic carbocycles. The Morgan fingerprint density at radius 2 is 0.902 bits per heavy atom. The normalized spacial score (nSPS) is 15.9. The van der Waals surface area contributed by atoms with E-state index in [-0.39, 0.29) is 52.1 Å². The third-order valence-electron chi connectivity index (χ3n) is 5.30. The summed E-state index contributed by atoms with van der Waals surface area (Å²) < 4.78 is 0. The second-order valence-corrected chi connectivity index (χ2v) is 8.15. The van der Waals surface area contributed by atoms with Gasteiger partial charge in [0.25, 0.3) is 0 Å². The summed E-state index contributed by atoms with van der Waals surface area (Å²) in [6.07, 6.45) is 7.37. The minimum atomic E-state index is -1.33. The molecule has 0 bridgehead atoms. The Hall–Kier alpha value is -5.11. The van der Waals surface area contributed by atoms with Gasteiger partial charge in [-0.15, -0.1) is 0 Å². The molecule has 2 aromatic rings. The molecule has 0 saturated carbocycles. The van der Waals surface area contributed by atoms with E-state index in [1.807, 2.05) is 0 Å². The summed E-state index contributed by atoms with van der Waals surface area (Å²) in [6.45, 7) is 0. The first-order valence-corrected chi connectivity index (χ1v) is 11.5. The molecule has 2 aromatic carbocycles. The third-order valence-corrected chi connectivity index (χ3v) is 5.30. The van der Waals surface area contributed by atoms with Gasteiger partial charge in [0, 0.05) is 11.4 Å². The van der Waals surface area contributed by atoms with Crippen molar-refractivity contribution in [3.05, 3.63) is 96.1 Å². The van der Waals surface area contributed by atoms with Crippen LogP contribution in [-0.4, -0.2) is 51.2 Å².